The van der Waals surface area contributed by atoms with Crippen molar-refractivity contribution in [2.45, 2.75) is 44.2 Å². The third-order valence-electron chi connectivity index (χ3n) is 4.94. The molecule has 0 spiro atoms. The van der Waals surface area contributed by atoms with Crippen LogP contribution in [0.2, 0.25) is 0 Å². The number of ketones is 1. The third-order valence-corrected chi connectivity index (χ3v) is 6.36. The molecule has 2 N–H and O–H groups in total. The summed E-state index contributed by atoms with van der Waals surface area (Å²) in [6.45, 7) is 3.55. The molecule has 7 heteroatoms. The number of carbonyl (C=O) groups is 2. The molecule has 0 heterocycles. The minimum atomic E-state index is -3.69. The molecule has 28 heavy (non-hydrogen) atoms. The normalized spacial score (nSPS) is 15.1. The Labute approximate surface area is 165 Å². The van der Waals surface area contributed by atoms with Gasteiger partial charge < -0.3 is 5.32 Å². The van der Waals surface area contributed by atoms with Crippen molar-refractivity contribution in [1.29, 1.82) is 0 Å². The monoisotopic (exact) mass is 400 g/mol. The number of hydrogen-bond donors (Lipinski definition) is 2. The molecule has 1 aliphatic rings. The largest absolute Gasteiger partial charge is 0.349 e. The average molecular weight is 401 g/mol. The lowest BCUT2D eigenvalue weighted by atomic mass is 10.1. The van der Waals surface area contributed by atoms with Gasteiger partial charge in [-0.15, -0.1) is 0 Å². The van der Waals surface area contributed by atoms with Crippen LogP contribution >= 0.6 is 0 Å². The predicted molar refractivity (Wildman–Crippen MR) is 107 cm³/mol. The molecule has 0 aromatic heterocycles. The second-order valence-corrected chi connectivity index (χ2v) is 8.97. The average Bonchev–Trinajstić information content (AvgIpc) is 3.52. The molecule has 1 fully saturated rings. The van der Waals surface area contributed by atoms with Crippen molar-refractivity contribution in [3.63, 3.8) is 0 Å². The van der Waals surface area contributed by atoms with Gasteiger partial charge in [-0.05, 0) is 62.4 Å². The second kappa shape index (κ2) is 8.24. The zero-order valence-corrected chi connectivity index (χ0v) is 16.8. The van der Waals surface area contributed by atoms with E-state index in [-0.39, 0.29) is 29.2 Å². The first-order valence-electron chi connectivity index (χ1n) is 9.27. The van der Waals surface area contributed by atoms with Gasteiger partial charge in [-0.2, -0.15) is 0 Å². The standard InChI is InChI=1S/C21H24N2O4S/c1-14(17-7-8-17)23-21(25)19-5-3-16(4-6-19)13-22-28(26,27)20-11-9-18(10-12-20)15(2)24/h3-6,9-12,14,17,22H,7-8,13H2,1-2H3,(H,23,25). The van der Waals surface area contributed by atoms with Crippen LogP contribution < -0.4 is 10.0 Å². The molecule has 1 atom stereocenters. The molecule has 0 bridgehead atoms. The van der Waals surface area contributed by atoms with E-state index in [1.54, 1.807) is 24.3 Å². The minimum Gasteiger partial charge on any atom is -0.349 e. The summed E-state index contributed by atoms with van der Waals surface area (Å²) in [5, 5.41) is 2.99. The Morgan fingerprint density at radius 3 is 2.11 bits per heavy atom. The maximum Gasteiger partial charge on any atom is 0.251 e. The molecule has 148 valence electrons. The Morgan fingerprint density at radius 1 is 1.00 bits per heavy atom. The van der Waals surface area contributed by atoms with Crippen LogP contribution in [0, 0.1) is 5.92 Å². The van der Waals surface area contributed by atoms with Crippen LogP contribution in [-0.4, -0.2) is 26.2 Å². The molecule has 0 aliphatic heterocycles. The first-order chi connectivity index (χ1) is 13.3. The summed E-state index contributed by atoms with van der Waals surface area (Å²) in [6.07, 6.45) is 2.33. The number of sulfonamides is 1. The smallest absolute Gasteiger partial charge is 0.251 e. The Balaban J connectivity index is 1.59. The fraction of sp³-hybridized carbons (Fsp3) is 0.333. The quantitative estimate of drug-likeness (QED) is 0.667. The van der Waals surface area contributed by atoms with Crippen molar-refractivity contribution < 1.29 is 18.0 Å². The molecule has 1 saturated carbocycles. The predicted octanol–water partition coefficient (Wildman–Crippen LogP) is 2.90. The molecule has 3 rings (SSSR count). The van der Waals surface area contributed by atoms with Crippen LogP contribution in [-0.2, 0) is 16.6 Å². The molecule has 1 amide bonds. The SMILES string of the molecule is CC(=O)c1ccc(S(=O)(=O)NCc2ccc(C(=O)NC(C)C3CC3)cc2)cc1. The number of rotatable bonds is 8. The molecular formula is C21H24N2O4S. The van der Waals surface area contributed by atoms with Crippen molar-refractivity contribution in [2.75, 3.05) is 0 Å². The van der Waals surface area contributed by atoms with Gasteiger partial charge in [-0.25, -0.2) is 13.1 Å². The van der Waals surface area contributed by atoms with E-state index in [0.29, 0.717) is 17.0 Å². The van der Waals surface area contributed by atoms with E-state index in [1.165, 1.54) is 31.2 Å². The van der Waals surface area contributed by atoms with Crippen LogP contribution in [0.15, 0.2) is 53.4 Å². The molecule has 2 aromatic carbocycles. The van der Waals surface area contributed by atoms with Gasteiger partial charge in [0.05, 0.1) is 4.90 Å². The zero-order chi connectivity index (χ0) is 20.3. The molecule has 0 saturated heterocycles. The topological polar surface area (TPSA) is 92.3 Å². The number of Topliss-reactive ketones (excluding diaryl/α,β-unsaturated/α-hetero) is 1. The summed E-state index contributed by atoms with van der Waals surface area (Å²) < 4.78 is 27.3. The first kappa shape index (κ1) is 20.2. The maximum absolute atomic E-state index is 12.4. The van der Waals surface area contributed by atoms with E-state index < -0.39 is 10.0 Å². The second-order valence-electron chi connectivity index (χ2n) is 7.20. The van der Waals surface area contributed by atoms with E-state index >= 15 is 0 Å². The summed E-state index contributed by atoms with van der Waals surface area (Å²) >= 11 is 0. The lowest BCUT2D eigenvalue weighted by Gasteiger charge is -2.13. The fourth-order valence-corrected chi connectivity index (χ4v) is 3.93. The lowest BCUT2D eigenvalue weighted by molar-refractivity contribution is 0.0935. The molecular weight excluding hydrogens is 376 g/mol. The van der Waals surface area contributed by atoms with Gasteiger partial charge in [-0.3, -0.25) is 9.59 Å². The molecule has 6 nitrogen and oxygen atoms in total. The van der Waals surface area contributed by atoms with Crippen molar-refractivity contribution in [2.24, 2.45) is 5.92 Å². The highest BCUT2D eigenvalue weighted by molar-refractivity contribution is 7.89. The van der Waals surface area contributed by atoms with E-state index in [0.717, 1.165) is 18.4 Å². The van der Waals surface area contributed by atoms with Crippen molar-refractivity contribution in [3.8, 4) is 0 Å². The Hall–Kier alpha value is -2.51. The van der Waals surface area contributed by atoms with Crippen LogP contribution in [0.5, 0.6) is 0 Å². The van der Waals surface area contributed by atoms with E-state index in [1.807, 2.05) is 6.92 Å². The van der Waals surface area contributed by atoms with Gasteiger partial charge in [0, 0.05) is 23.7 Å². The summed E-state index contributed by atoms with van der Waals surface area (Å²) in [6, 6.07) is 12.8. The molecule has 2 aromatic rings. The maximum atomic E-state index is 12.4. The van der Waals surface area contributed by atoms with Crippen molar-refractivity contribution >= 4 is 21.7 Å². The van der Waals surface area contributed by atoms with Gasteiger partial charge in [0.1, 0.15) is 0 Å². The first-order valence-corrected chi connectivity index (χ1v) is 10.7. The Morgan fingerprint density at radius 2 is 1.57 bits per heavy atom. The zero-order valence-electron chi connectivity index (χ0n) is 15.9. The van der Waals surface area contributed by atoms with Crippen LogP contribution in [0.25, 0.3) is 0 Å². The molecule has 1 unspecified atom stereocenters. The summed E-state index contributed by atoms with van der Waals surface area (Å²) in [4.78, 5) is 23.6. The number of amides is 1. The van der Waals surface area contributed by atoms with Gasteiger partial charge in [-0.1, -0.05) is 24.3 Å². The number of carbonyl (C=O) groups excluding carboxylic acids is 2. The van der Waals surface area contributed by atoms with Crippen molar-refractivity contribution in [1.82, 2.24) is 10.0 Å². The van der Waals surface area contributed by atoms with Crippen LogP contribution in [0.4, 0.5) is 0 Å². The summed E-state index contributed by atoms with van der Waals surface area (Å²) in [7, 11) is -3.69. The Bertz CT molecular complexity index is 962. The van der Waals surface area contributed by atoms with Gasteiger partial charge in [0.15, 0.2) is 5.78 Å². The minimum absolute atomic E-state index is 0.0996. The molecule has 1 aliphatic carbocycles. The highest BCUT2D eigenvalue weighted by Gasteiger charge is 2.29. The lowest BCUT2D eigenvalue weighted by Crippen LogP contribution is -2.33. The number of hydrogen-bond acceptors (Lipinski definition) is 4. The highest BCUT2D eigenvalue weighted by atomic mass is 32.2. The van der Waals surface area contributed by atoms with Crippen LogP contribution in [0.1, 0.15) is 53.0 Å². The Kier molecular flexibility index (Phi) is 5.96. The van der Waals surface area contributed by atoms with E-state index in [2.05, 4.69) is 10.0 Å². The van der Waals surface area contributed by atoms with E-state index in [4.69, 9.17) is 0 Å². The van der Waals surface area contributed by atoms with Gasteiger partial charge in [0.25, 0.3) is 5.91 Å². The summed E-state index contributed by atoms with van der Waals surface area (Å²) in [5.41, 5.74) is 1.76. The number of benzene rings is 2. The summed E-state index contributed by atoms with van der Waals surface area (Å²) in [5.74, 6) is 0.354. The highest BCUT2D eigenvalue weighted by Crippen LogP contribution is 2.32. The molecule has 0 radical (unpaired) electrons. The van der Waals surface area contributed by atoms with Crippen molar-refractivity contribution in [3.05, 3.63) is 65.2 Å². The van der Waals surface area contributed by atoms with Gasteiger partial charge >= 0.3 is 0 Å². The number of nitrogens with one attached hydrogen (secondary N) is 2. The van der Waals surface area contributed by atoms with E-state index in [9.17, 15) is 18.0 Å². The van der Waals surface area contributed by atoms with Crippen LogP contribution in [0.3, 0.4) is 0 Å². The third kappa shape index (κ3) is 5.05. The van der Waals surface area contributed by atoms with Gasteiger partial charge in [0.2, 0.25) is 10.0 Å². The fourth-order valence-electron chi connectivity index (χ4n) is 2.91.